The van der Waals surface area contributed by atoms with Gasteiger partial charge in [0, 0.05) is 0 Å². The molecule has 10 heteroatoms. The second kappa shape index (κ2) is 7.16. The number of H-pyrrole nitrogens is 1. The normalized spacial score (nSPS) is 12.0. The maximum atomic E-state index is 11.9. The highest BCUT2D eigenvalue weighted by Gasteiger charge is 2.27. The van der Waals surface area contributed by atoms with E-state index in [2.05, 4.69) is 15.2 Å². The lowest BCUT2D eigenvalue weighted by atomic mass is 10.4. The van der Waals surface area contributed by atoms with Crippen LogP contribution in [0.25, 0.3) is 12.2 Å². The standard InChI is InChI=1S/C12H11F3N4O2S/c13-12(14,15)7-16-10(20)6-22-11-17-9(18-19-11)4-3-8-2-1-5-21-8/h1-5H,6-7H2,(H,16,20)(H,17,18,19)/b4-3+. The number of hydrogen-bond acceptors (Lipinski definition) is 5. The average molecular weight is 332 g/mol. The van der Waals surface area contributed by atoms with E-state index >= 15 is 0 Å². The quantitative estimate of drug-likeness (QED) is 0.793. The summed E-state index contributed by atoms with van der Waals surface area (Å²) < 4.78 is 40.8. The lowest BCUT2D eigenvalue weighted by Gasteiger charge is -2.07. The first kappa shape index (κ1) is 16.1. The van der Waals surface area contributed by atoms with Crippen LogP contribution < -0.4 is 5.32 Å². The van der Waals surface area contributed by atoms with E-state index < -0.39 is 18.6 Å². The van der Waals surface area contributed by atoms with Crippen molar-refractivity contribution in [2.75, 3.05) is 12.3 Å². The van der Waals surface area contributed by atoms with Crippen LogP contribution >= 0.6 is 11.8 Å². The van der Waals surface area contributed by atoms with Crippen molar-refractivity contribution in [2.45, 2.75) is 11.3 Å². The third-order valence-electron chi connectivity index (χ3n) is 2.25. The summed E-state index contributed by atoms with van der Waals surface area (Å²) in [5.41, 5.74) is 0. The number of carbonyl (C=O) groups is 1. The van der Waals surface area contributed by atoms with Crippen molar-refractivity contribution in [3.8, 4) is 0 Å². The van der Waals surface area contributed by atoms with Crippen LogP contribution in [0.5, 0.6) is 0 Å². The van der Waals surface area contributed by atoms with Gasteiger partial charge in [0.05, 0.1) is 12.0 Å². The minimum Gasteiger partial charge on any atom is -0.465 e. The Morgan fingerprint density at radius 3 is 2.95 bits per heavy atom. The predicted octanol–water partition coefficient (Wildman–Crippen LogP) is 2.34. The van der Waals surface area contributed by atoms with Crippen molar-refractivity contribution in [3.05, 3.63) is 30.0 Å². The van der Waals surface area contributed by atoms with E-state index in [0.29, 0.717) is 11.6 Å². The number of thioether (sulfide) groups is 1. The molecule has 0 bridgehead atoms. The summed E-state index contributed by atoms with van der Waals surface area (Å²) in [6.45, 7) is -1.35. The zero-order valence-corrected chi connectivity index (χ0v) is 11.9. The highest BCUT2D eigenvalue weighted by Crippen LogP contribution is 2.15. The predicted molar refractivity (Wildman–Crippen MR) is 73.8 cm³/mol. The van der Waals surface area contributed by atoms with Gasteiger partial charge in [0.1, 0.15) is 18.1 Å². The summed E-state index contributed by atoms with van der Waals surface area (Å²) in [6.07, 6.45) is 0.403. The molecule has 22 heavy (non-hydrogen) atoms. The Morgan fingerprint density at radius 2 is 2.27 bits per heavy atom. The molecule has 2 heterocycles. The van der Waals surface area contributed by atoms with Crippen molar-refractivity contribution >= 4 is 29.8 Å². The van der Waals surface area contributed by atoms with Gasteiger partial charge in [-0.05, 0) is 24.3 Å². The molecule has 0 aromatic carbocycles. The molecule has 0 saturated carbocycles. The Bertz CT molecular complexity index is 637. The van der Waals surface area contributed by atoms with Crippen LogP contribution in [0.15, 0.2) is 28.0 Å². The largest absolute Gasteiger partial charge is 0.465 e. The van der Waals surface area contributed by atoms with Gasteiger partial charge in [0.2, 0.25) is 11.1 Å². The lowest BCUT2D eigenvalue weighted by molar-refractivity contribution is -0.136. The fourth-order valence-corrected chi connectivity index (χ4v) is 1.96. The molecule has 0 aliphatic heterocycles. The molecule has 0 radical (unpaired) electrons. The van der Waals surface area contributed by atoms with Crippen molar-refractivity contribution < 1.29 is 22.4 Å². The average Bonchev–Trinajstić information content (AvgIpc) is 3.11. The van der Waals surface area contributed by atoms with Gasteiger partial charge >= 0.3 is 6.18 Å². The summed E-state index contributed by atoms with van der Waals surface area (Å²) in [6, 6.07) is 3.49. The summed E-state index contributed by atoms with van der Waals surface area (Å²) in [5.74, 6) is 0.140. The molecule has 6 nitrogen and oxygen atoms in total. The number of carbonyl (C=O) groups excluding carboxylic acids is 1. The number of halogens is 3. The summed E-state index contributed by atoms with van der Waals surface area (Å²) in [4.78, 5) is 15.3. The number of nitrogens with one attached hydrogen (secondary N) is 2. The van der Waals surface area contributed by atoms with Gasteiger partial charge < -0.3 is 9.73 Å². The summed E-state index contributed by atoms with van der Waals surface area (Å²) in [5, 5.41) is 8.50. The van der Waals surface area contributed by atoms with Crippen molar-refractivity contribution in [1.82, 2.24) is 20.5 Å². The van der Waals surface area contributed by atoms with Crippen LogP contribution in [0.1, 0.15) is 11.6 Å². The Labute approximate surface area is 127 Å². The van der Waals surface area contributed by atoms with Gasteiger partial charge in [-0.2, -0.15) is 13.2 Å². The van der Waals surface area contributed by atoms with E-state index in [-0.39, 0.29) is 10.9 Å². The molecule has 0 saturated heterocycles. The molecule has 2 aromatic heterocycles. The summed E-state index contributed by atoms with van der Waals surface area (Å²) >= 11 is 0.933. The molecule has 2 N–H and O–H groups in total. The third kappa shape index (κ3) is 5.64. The Morgan fingerprint density at radius 1 is 1.45 bits per heavy atom. The van der Waals surface area contributed by atoms with E-state index in [1.807, 2.05) is 0 Å². The number of hydrogen-bond donors (Lipinski definition) is 2. The number of nitrogens with zero attached hydrogens (tertiary/aromatic N) is 2. The van der Waals surface area contributed by atoms with Crippen molar-refractivity contribution in [3.63, 3.8) is 0 Å². The zero-order valence-electron chi connectivity index (χ0n) is 11.1. The Hall–Kier alpha value is -2.23. The molecule has 0 unspecified atom stereocenters. The molecule has 0 atom stereocenters. The van der Waals surface area contributed by atoms with E-state index in [4.69, 9.17) is 4.42 Å². The molecule has 0 spiro atoms. The molecule has 0 aliphatic rings. The van der Waals surface area contributed by atoms with Crippen LogP contribution in [-0.4, -0.2) is 39.6 Å². The monoisotopic (exact) mass is 332 g/mol. The number of rotatable bonds is 6. The number of aromatic nitrogens is 3. The van der Waals surface area contributed by atoms with Crippen LogP contribution in [-0.2, 0) is 4.79 Å². The topological polar surface area (TPSA) is 83.8 Å². The zero-order chi connectivity index (χ0) is 16.0. The second-order valence-electron chi connectivity index (χ2n) is 4.03. The molecule has 2 aromatic rings. The molecule has 118 valence electrons. The van der Waals surface area contributed by atoms with Crippen LogP contribution in [0.3, 0.4) is 0 Å². The van der Waals surface area contributed by atoms with Gasteiger partial charge in [0.25, 0.3) is 0 Å². The first-order valence-corrected chi connectivity index (χ1v) is 7.01. The van der Waals surface area contributed by atoms with Crippen molar-refractivity contribution in [1.29, 1.82) is 0 Å². The minimum absolute atomic E-state index is 0.199. The SMILES string of the molecule is O=C(CSc1n[nH]c(/C=C/c2ccco2)n1)NCC(F)(F)F. The van der Waals surface area contributed by atoms with Crippen LogP contribution in [0.4, 0.5) is 13.2 Å². The fraction of sp³-hybridized carbons (Fsp3) is 0.250. The maximum Gasteiger partial charge on any atom is 0.405 e. The van der Waals surface area contributed by atoms with E-state index in [1.165, 1.54) is 6.26 Å². The molecule has 2 rings (SSSR count). The minimum atomic E-state index is -4.42. The first-order valence-electron chi connectivity index (χ1n) is 6.02. The number of amides is 1. The van der Waals surface area contributed by atoms with Crippen LogP contribution in [0, 0.1) is 0 Å². The number of furan rings is 1. The van der Waals surface area contributed by atoms with Gasteiger partial charge in [-0.25, -0.2) is 4.98 Å². The Balaban J connectivity index is 1.78. The summed E-state index contributed by atoms with van der Waals surface area (Å²) in [7, 11) is 0. The molecular weight excluding hydrogens is 321 g/mol. The fourth-order valence-electron chi connectivity index (χ4n) is 1.32. The molecule has 1 amide bonds. The van der Waals surface area contributed by atoms with E-state index in [1.54, 1.807) is 29.6 Å². The van der Waals surface area contributed by atoms with E-state index in [9.17, 15) is 18.0 Å². The van der Waals surface area contributed by atoms with Crippen molar-refractivity contribution in [2.24, 2.45) is 0 Å². The van der Waals surface area contributed by atoms with Gasteiger partial charge in [0.15, 0.2) is 0 Å². The first-order chi connectivity index (χ1) is 10.4. The highest BCUT2D eigenvalue weighted by atomic mass is 32.2. The van der Waals surface area contributed by atoms with Gasteiger partial charge in [-0.15, -0.1) is 5.10 Å². The highest BCUT2D eigenvalue weighted by molar-refractivity contribution is 7.99. The molecule has 0 fully saturated rings. The third-order valence-corrected chi connectivity index (χ3v) is 3.10. The smallest absolute Gasteiger partial charge is 0.405 e. The Kier molecular flexibility index (Phi) is 5.26. The van der Waals surface area contributed by atoms with E-state index in [0.717, 1.165) is 11.8 Å². The number of alkyl halides is 3. The van der Waals surface area contributed by atoms with Crippen LogP contribution in [0.2, 0.25) is 0 Å². The molecule has 0 aliphatic carbocycles. The number of aromatic amines is 1. The maximum absolute atomic E-state index is 11.9. The second-order valence-corrected chi connectivity index (χ2v) is 4.98. The molecular formula is C12H11F3N4O2S. The van der Waals surface area contributed by atoms with Gasteiger partial charge in [-0.3, -0.25) is 9.89 Å². The lowest BCUT2D eigenvalue weighted by Crippen LogP contribution is -2.34. The van der Waals surface area contributed by atoms with Gasteiger partial charge in [-0.1, -0.05) is 11.8 Å².